The number of fused-ring (bicyclic) bond motifs is 1. The zero-order valence-corrected chi connectivity index (χ0v) is 30.0. The maximum Gasteiger partial charge on any atom is 0.338 e. The fourth-order valence-corrected chi connectivity index (χ4v) is 6.58. The van der Waals surface area contributed by atoms with Crippen LogP contribution in [0.25, 0.3) is 0 Å². The van der Waals surface area contributed by atoms with E-state index in [0.717, 1.165) is 16.7 Å². The van der Waals surface area contributed by atoms with Crippen LogP contribution < -0.4 is 10.2 Å². The van der Waals surface area contributed by atoms with Crippen molar-refractivity contribution in [2.75, 3.05) is 11.4 Å². The molecule has 7 atom stereocenters. The lowest BCUT2D eigenvalue weighted by molar-refractivity contribution is -0.287. The molecule has 0 aliphatic carbocycles. The first kappa shape index (κ1) is 39.3. The van der Waals surface area contributed by atoms with Crippen molar-refractivity contribution in [1.29, 1.82) is 0 Å². The zero-order chi connectivity index (χ0) is 38.7. The molecular formula is C42H44N2O11. The second kappa shape index (κ2) is 18.7. The molecule has 2 aliphatic rings. The predicted molar refractivity (Wildman–Crippen MR) is 198 cm³/mol. The van der Waals surface area contributed by atoms with Gasteiger partial charge in [0.15, 0.2) is 6.10 Å². The highest BCUT2D eigenvalue weighted by Crippen LogP contribution is 2.29. The third-order valence-electron chi connectivity index (χ3n) is 9.58. The maximum absolute atomic E-state index is 14.3. The summed E-state index contributed by atoms with van der Waals surface area (Å²) in [6.07, 6.45) is -7.80. The molecule has 0 radical (unpaired) electrons. The summed E-state index contributed by atoms with van der Waals surface area (Å²) in [5.74, 6) is -3.11. The highest BCUT2D eigenvalue weighted by molar-refractivity contribution is 6.02. The molecule has 6 rings (SSSR count). The molecular weight excluding hydrogens is 708 g/mol. The summed E-state index contributed by atoms with van der Waals surface area (Å²) in [6, 6.07) is 32.9. The summed E-state index contributed by atoms with van der Waals surface area (Å²) in [5, 5.41) is 35.0. The minimum Gasteiger partial charge on any atom is -0.460 e. The number of para-hydroxylation sites is 1. The Bertz CT molecular complexity index is 1900. The third-order valence-corrected chi connectivity index (χ3v) is 9.58. The molecule has 4 aromatic rings. The van der Waals surface area contributed by atoms with Crippen LogP contribution in [-0.2, 0) is 64.2 Å². The number of amides is 1. The number of nitrogens with one attached hydrogen (secondary N) is 1. The lowest BCUT2D eigenvalue weighted by atomic mass is 9.99. The number of aliphatic hydroxyl groups excluding tert-OH is 3. The number of hydrogen-bond donors (Lipinski definition) is 4. The summed E-state index contributed by atoms with van der Waals surface area (Å²) in [4.78, 5) is 55.5. The van der Waals surface area contributed by atoms with Gasteiger partial charge in [-0.25, -0.2) is 4.79 Å². The van der Waals surface area contributed by atoms with Gasteiger partial charge in [0.2, 0.25) is 12.2 Å². The number of nitrogens with zero attached hydrogens (tertiary/aromatic N) is 1. The normalized spacial score (nSPS) is 22.8. The van der Waals surface area contributed by atoms with Crippen LogP contribution in [0.3, 0.4) is 0 Å². The molecule has 0 unspecified atom stereocenters. The van der Waals surface area contributed by atoms with E-state index in [0.29, 0.717) is 36.9 Å². The van der Waals surface area contributed by atoms with Gasteiger partial charge in [0.1, 0.15) is 44.1 Å². The van der Waals surface area contributed by atoms with Gasteiger partial charge in [-0.3, -0.25) is 24.6 Å². The molecule has 55 heavy (non-hydrogen) atoms. The average Bonchev–Trinajstić information content (AvgIpc) is 3.34. The quantitative estimate of drug-likeness (QED) is 0.109. The molecule has 2 aliphatic heterocycles. The Hall–Kier alpha value is -5.44. The molecule has 0 saturated carbocycles. The molecule has 0 spiro atoms. The topological polar surface area (TPSA) is 181 Å². The van der Waals surface area contributed by atoms with Crippen LogP contribution in [0.5, 0.6) is 0 Å². The van der Waals surface area contributed by atoms with Gasteiger partial charge in [0.25, 0.3) is 0 Å². The van der Waals surface area contributed by atoms with Crippen molar-refractivity contribution in [2.45, 2.75) is 81.7 Å². The van der Waals surface area contributed by atoms with E-state index >= 15 is 0 Å². The van der Waals surface area contributed by atoms with Gasteiger partial charge in [-0.2, -0.15) is 0 Å². The van der Waals surface area contributed by atoms with Crippen molar-refractivity contribution < 1.29 is 53.4 Å². The third kappa shape index (κ3) is 10.2. The van der Waals surface area contributed by atoms with Gasteiger partial charge >= 0.3 is 17.9 Å². The van der Waals surface area contributed by atoms with Gasteiger partial charge in [0, 0.05) is 5.69 Å². The highest BCUT2D eigenvalue weighted by atomic mass is 16.7. The fraction of sp³-hybridized carbons (Fsp3) is 0.333. The number of carbonyl (C=O) groups excluding carboxylic acids is 4. The van der Waals surface area contributed by atoms with Crippen LogP contribution in [0.2, 0.25) is 0 Å². The summed E-state index contributed by atoms with van der Waals surface area (Å²) in [6.45, 7) is -0.744. The van der Waals surface area contributed by atoms with E-state index < -0.39 is 73.1 Å². The van der Waals surface area contributed by atoms with Crippen LogP contribution >= 0.6 is 0 Å². The molecule has 13 nitrogen and oxygen atoms in total. The van der Waals surface area contributed by atoms with Crippen LogP contribution in [0, 0.1) is 0 Å². The molecule has 288 valence electrons. The first-order chi connectivity index (χ1) is 26.7. The number of anilines is 1. The average molecular weight is 753 g/mol. The zero-order valence-electron chi connectivity index (χ0n) is 30.0. The van der Waals surface area contributed by atoms with Gasteiger partial charge in [-0.05, 0) is 54.0 Å². The van der Waals surface area contributed by atoms with Crippen molar-refractivity contribution >= 4 is 29.5 Å². The van der Waals surface area contributed by atoms with Crippen molar-refractivity contribution in [3.05, 3.63) is 138 Å². The van der Waals surface area contributed by atoms with E-state index in [1.165, 1.54) is 4.90 Å². The van der Waals surface area contributed by atoms with E-state index in [1.54, 1.807) is 42.5 Å². The van der Waals surface area contributed by atoms with Crippen molar-refractivity contribution in [3.63, 3.8) is 0 Å². The van der Waals surface area contributed by atoms with Crippen molar-refractivity contribution in [3.8, 4) is 0 Å². The second-order valence-electron chi connectivity index (χ2n) is 13.5. The van der Waals surface area contributed by atoms with Gasteiger partial charge in [-0.1, -0.05) is 109 Å². The molecule has 1 saturated heterocycles. The lowest BCUT2D eigenvalue weighted by Crippen LogP contribution is -2.61. The Balaban J connectivity index is 1.15. The number of aliphatic hydroxyl groups is 3. The lowest BCUT2D eigenvalue weighted by Gasteiger charge is -2.38. The summed E-state index contributed by atoms with van der Waals surface area (Å²) in [7, 11) is 0. The fourth-order valence-electron chi connectivity index (χ4n) is 6.58. The number of benzene rings is 4. The summed E-state index contributed by atoms with van der Waals surface area (Å²) >= 11 is 0. The van der Waals surface area contributed by atoms with E-state index in [9.17, 15) is 34.5 Å². The van der Waals surface area contributed by atoms with E-state index in [4.69, 9.17) is 18.9 Å². The van der Waals surface area contributed by atoms with Crippen LogP contribution in [0.15, 0.2) is 115 Å². The first-order valence-corrected chi connectivity index (χ1v) is 18.2. The first-order valence-electron chi connectivity index (χ1n) is 18.2. The smallest absolute Gasteiger partial charge is 0.338 e. The number of aryl methyl sites for hydroxylation is 2. The molecule has 0 aromatic heterocycles. The molecule has 4 aromatic carbocycles. The van der Waals surface area contributed by atoms with E-state index in [1.807, 2.05) is 72.8 Å². The predicted octanol–water partition coefficient (Wildman–Crippen LogP) is 2.76. The SMILES string of the molecule is O=C(CN1C(=O)[C@@H](N[C@@H](CCc2ccccc2)C(=O)OCc2ccccc2)CCc2ccccc21)O[C@@H]1O[C@@H](C(=O)OCc2ccccc2)[C@@H](O)[C@H](O)[C@H]1O. The number of carbonyl (C=O) groups is 4. The Labute approximate surface area is 318 Å². The minimum atomic E-state index is -1.93. The second-order valence-corrected chi connectivity index (χ2v) is 13.5. The molecule has 1 fully saturated rings. The number of ether oxygens (including phenoxy) is 4. The summed E-state index contributed by atoms with van der Waals surface area (Å²) < 4.78 is 21.9. The highest BCUT2D eigenvalue weighted by Gasteiger charge is 2.49. The monoisotopic (exact) mass is 752 g/mol. The molecule has 2 heterocycles. The summed E-state index contributed by atoms with van der Waals surface area (Å²) in [5.41, 5.74) is 3.70. The Morgan fingerprint density at radius 1 is 0.745 bits per heavy atom. The molecule has 4 N–H and O–H groups in total. The van der Waals surface area contributed by atoms with Crippen LogP contribution in [0.4, 0.5) is 5.69 Å². The van der Waals surface area contributed by atoms with Crippen LogP contribution in [0.1, 0.15) is 35.1 Å². The molecule has 0 bridgehead atoms. The minimum absolute atomic E-state index is 0.0532. The molecule has 1 amide bonds. The van der Waals surface area contributed by atoms with Gasteiger partial charge in [-0.15, -0.1) is 0 Å². The van der Waals surface area contributed by atoms with Crippen molar-refractivity contribution in [1.82, 2.24) is 5.32 Å². The largest absolute Gasteiger partial charge is 0.460 e. The van der Waals surface area contributed by atoms with Crippen LogP contribution in [-0.4, -0.2) is 88.5 Å². The number of esters is 3. The van der Waals surface area contributed by atoms with Gasteiger partial charge in [0.05, 0.1) is 6.04 Å². The van der Waals surface area contributed by atoms with E-state index in [-0.39, 0.29) is 13.2 Å². The Morgan fingerprint density at radius 3 is 1.98 bits per heavy atom. The van der Waals surface area contributed by atoms with Crippen molar-refractivity contribution in [2.24, 2.45) is 0 Å². The van der Waals surface area contributed by atoms with E-state index in [2.05, 4.69) is 5.32 Å². The Kier molecular flexibility index (Phi) is 13.4. The van der Waals surface area contributed by atoms with Gasteiger partial charge < -0.3 is 34.3 Å². The Morgan fingerprint density at radius 2 is 1.33 bits per heavy atom. The standard InChI is InChI=1S/C42H44N2O11/c45-34(54-42-37(48)35(46)36(47)38(55-42)41(51)53-26-29-16-8-3-9-17-29)24-44-33-19-11-10-18-30(33)21-23-31(39(44)49)43-32(22-20-27-12-4-1-5-13-27)40(50)52-25-28-14-6-2-7-15-28/h1-19,31-32,35-38,42-43,46-48H,20-26H2/t31-,32-,35-,36-,37+,38+,42+/m0/s1. The number of rotatable bonds is 14. The molecule has 13 heteroatoms. The maximum atomic E-state index is 14.3. The number of hydrogen-bond acceptors (Lipinski definition) is 12.